The standard InChI is InChI=1S/C21H22N2O4/c1-3-4-13-26-18-11-9-16(10-12-18)21(25)27-15(2)20(24)23-19-8-6-5-7-17(19)14-22/h5-12,15H,3-4,13H2,1-2H3,(H,23,24)/t15-/m0/s1. The second kappa shape index (κ2) is 9.97. The van der Waals surface area contributed by atoms with Crippen molar-refractivity contribution >= 4 is 17.6 Å². The fourth-order valence-electron chi connectivity index (χ4n) is 2.23. The molecule has 2 rings (SSSR count). The van der Waals surface area contributed by atoms with Crippen LogP contribution in [-0.4, -0.2) is 24.6 Å². The van der Waals surface area contributed by atoms with E-state index in [0.29, 0.717) is 29.2 Å². The van der Waals surface area contributed by atoms with Gasteiger partial charge < -0.3 is 14.8 Å². The van der Waals surface area contributed by atoms with Crippen LogP contribution in [0, 0.1) is 11.3 Å². The molecule has 140 valence electrons. The van der Waals surface area contributed by atoms with Gasteiger partial charge in [-0.2, -0.15) is 5.26 Å². The first-order valence-electron chi connectivity index (χ1n) is 8.79. The number of nitrogens with one attached hydrogen (secondary N) is 1. The number of unbranched alkanes of at least 4 members (excludes halogenated alkanes) is 1. The van der Waals surface area contributed by atoms with Gasteiger partial charge in [-0.15, -0.1) is 0 Å². The molecular formula is C21H22N2O4. The Bertz CT molecular complexity index is 825. The lowest BCUT2D eigenvalue weighted by atomic mass is 10.2. The average Bonchev–Trinajstić information content (AvgIpc) is 2.69. The minimum absolute atomic E-state index is 0.329. The molecule has 0 aliphatic heterocycles. The zero-order valence-corrected chi connectivity index (χ0v) is 15.4. The number of nitrogens with zero attached hydrogens (tertiary/aromatic N) is 1. The van der Waals surface area contributed by atoms with E-state index in [4.69, 9.17) is 14.7 Å². The summed E-state index contributed by atoms with van der Waals surface area (Å²) in [7, 11) is 0. The lowest BCUT2D eigenvalue weighted by molar-refractivity contribution is -0.123. The Morgan fingerprint density at radius 2 is 1.85 bits per heavy atom. The number of hydrogen-bond donors (Lipinski definition) is 1. The van der Waals surface area contributed by atoms with Crippen molar-refractivity contribution in [1.82, 2.24) is 0 Å². The molecule has 0 fully saturated rings. The highest BCUT2D eigenvalue weighted by Gasteiger charge is 2.20. The molecule has 0 aliphatic carbocycles. The van der Waals surface area contributed by atoms with Gasteiger partial charge in [0.1, 0.15) is 11.8 Å². The van der Waals surface area contributed by atoms with E-state index in [2.05, 4.69) is 12.2 Å². The van der Waals surface area contributed by atoms with Crippen molar-refractivity contribution in [2.75, 3.05) is 11.9 Å². The number of hydrogen-bond acceptors (Lipinski definition) is 5. The summed E-state index contributed by atoms with van der Waals surface area (Å²) in [5, 5.41) is 11.7. The average molecular weight is 366 g/mol. The zero-order chi connectivity index (χ0) is 19.6. The van der Waals surface area contributed by atoms with Crippen molar-refractivity contribution in [3.8, 4) is 11.8 Å². The summed E-state index contributed by atoms with van der Waals surface area (Å²) in [5.74, 6) is -0.434. The number of carbonyl (C=O) groups is 2. The first-order valence-corrected chi connectivity index (χ1v) is 8.79. The van der Waals surface area contributed by atoms with E-state index in [-0.39, 0.29) is 0 Å². The lowest BCUT2D eigenvalue weighted by Gasteiger charge is -2.14. The summed E-state index contributed by atoms with van der Waals surface area (Å²) in [4.78, 5) is 24.4. The number of esters is 1. The Hall–Kier alpha value is -3.33. The molecular weight excluding hydrogens is 344 g/mol. The predicted octanol–water partition coefficient (Wildman–Crippen LogP) is 3.92. The third-order valence-corrected chi connectivity index (χ3v) is 3.82. The Kier molecular flexibility index (Phi) is 7.38. The van der Waals surface area contributed by atoms with Gasteiger partial charge in [-0.05, 0) is 49.7 Å². The molecule has 0 unspecified atom stereocenters. The van der Waals surface area contributed by atoms with E-state index in [0.717, 1.165) is 12.8 Å². The zero-order valence-electron chi connectivity index (χ0n) is 15.4. The summed E-state index contributed by atoms with van der Waals surface area (Å²) < 4.78 is 10.8. The van der Waals surface area contributed by atoms with Crippen molar-refractivity contribution in [1.29, 1.82) is 5.26 Å². The molecule has 1 amide bonds. The molecule has 2 aromatic carbocycles. The Labute approximate surface area is 158 Å². The summed E-state index contributed by atoms with van der Waals surface area (Å²) in [6.07, 6.45) is 0.999. The fourth-order valence-corrected chi connectivity index (χ4v) is 2.23. The van der Waals surface area contributed by atoms with E-state index in [1.165, 1.54) is 6.92 Å². The number of anilines is 1. The highest BCUT2D eigenvalue weighted by molar-refractivity contribution is 5.98. The molecule has 0 radical (unpaired) electrons. The maximum Gasteiger partial charge on any atom is 0.338 e. The normalized spacial score (nSPS) is 11.1. The molecule has 1 N–H and O–H groups in total. The smallest absolute Gasteiger partial charge is 0.338 e. The van der Waals surface area contributed by atoms with Gasteiger partial charge in [0, 0.05) is 0 Å². The summed E-state index contributed by atoms with van der Waals surface area (Å²) in [6.45, 7) is 4.19. The molecule has 27 heavy (non-hydrogen) atoms. The van der Waals surface area contributed by atoms with Crippen molar-refractivity contribution in [2.45, 2.75) is 32.8 Å². The fraction of sp³-hybridized carbons (Fsp3) is 0.286. The molecule has 0 bridgehead atoms. The van der Waals surface area contributed by atoms with Crippen molar-refractivity contribution < 1.29 is 19.1 Å². The van der Waals surface area contributed by atoms with E-state index in [1.54, 1.807) is 48.5 Å². The number of amides is 1. The molecule has 6 heteroatoms. The van der Waals surface area contributed by atoms with Crippen molar-refractivity contribution in [3.63, 3.8) is 0 Å². The van der Waals surface area contributed by atoms with Crippen LogP contribution in [0.1, 0.15) is 42.6 Å². The Morgan fingerprint density at radius 1 is 1.15 bits per heavy atom. The Balaban J connectivity index is 1.92. The molecule has 6 nitrogen and oxygen atoms in total. The van der Waals surface area contributed by atoms with E-state index < -0.39 is 18.0 Å². The van der Waals surface area contributed by atoms with Crippen LogP contribution in [-0.2, 0) is 9.53 Å². The van der Waals surface area contributed by atoms with Gasteiger partial charge >= 0.3 is 5.97 Å². The van der Waals surface area contributed by atoms with Crippen LogP contribution in [0.25, 0.3) is 0 Å². The van der Waals surface area contributed by atoms with E-state index in [9.17, 15) is 9.59 Å². The highest BCUT2D eigenvalue weighted by atomic mass is 16.5. The molecule has 0 heterocycles. The van der Waals surface area contributed by atoms with Gasteiger partial charge in [0.2, 0.25) is 0 Å². The molecule has 0 saturated heterocycles. The monoisotopic (exact) mass is 366 g/mol. The Morgan fingerprint density at radius 3 is 2.52 bits per heavy atom. The van der Waals surface area contributed by atoms with Gasteiger partial charge in [0.05, 0.1) is 23.4 Å². The second-order valence-electron chi connectivity index (χ2n) is 5.92. The van der Waals surface area contributed by atoms with Crippen LogP contribution < -0.4 is 10.1 Å². The SMILES string of the molecule is CCCCOc1ccc(C(=O)O[C@@H](C)C(=O)Nc2ccccc2C#N)cc1. The van der Waals surface area contributed by atoms with Crippen LogP contribution >= 0.6 is 0 Å². The quantitative estimate of drug-likeness (QED) is 0.565. The van der Waals surface area contributed by atoms with Gasteiger partial charge in [-0.1, -0.05) is 25.5 Å². The number of rotatable bonds is 8. The summed E-state index contributed by atoms with van der Waals surface area (Å²) >= 11 is 0. The molecule has 0 aliphatic rings. The minimum atomic E-state index is -1.01. The molecule has 0 saturated carbocycles. The number of nitriles is 1. The van der Waals surface area contributed by atoms with Gasteiger partial charge in [0.25, 0.3) is 5.91 Å². The van der Waals surface area contributed by atoms with Crippen LogP contribution in [0.5, 0.6) is 5.75 Å². The number of para-hydroxylation sites is 1. The third kappa shape index (κ3) is 5.86. The van der Waals surface area contributed by atoms with E-state index >= 15 is 0 Å². The first kappa shape index (κ1) is 20.0. The molecule has 0 spiro atoms. The van der Waals surface area contributed by atoms with Crippen molar-refractivity contribution in [3.05, 3.63) is 59.7 Å². The second-order valence-corrected chi connectivity index (χ2v) is 5.92. The van der Waals surface area contributed by atoms with Gasteiger partial charge in [-0.3, -0.25) is 4.79 Å². The number of ether oxygens (including phenoxy) is 2. The lowest BCUT2D eigenvalue weighted by Crippen LogP contribution is -2.30. The molecule has 1 atom stereocenters. The van der Waals surface area contributed by atoms with Crippen LogP contribution in [0.2, 0.25) is 0 Å². The largest absolute Gasteiger partial charge is 0.494 e. The third-order valence-electron chi connectivity index (χ3n) is 3.82. The van der Waals surface area contributed by atoms with E-state index in [1.807, 2.05) is 6.07 Å². The number of benzene rings is 2. The molecule has 2 aromatic rings. The van der Waals surface area contributed by atoms with Gasteiger partial charge in [0.15, 0.2) is 6.10 Å². The summed E-state index contributed by atoms with van der Waals surface area (Å²) in [5.41, 5.74) is 1.04. The highest BCUT2D eigenvalue weighted by Crippen LogP contribution is 2.16. The maximum absolute atomic E-state index is 12.2. The van der Waals surface area contributed by atoms with Crippen molar-refractivity contribution in [2.24, 2.45) is 0 Å². The van der Waals surface area contributed by atoms with Crippen LogP contribution in [0.3, 0.4) is 0 Å². The molecule has 0 aromatic heterocycles. The first-order chi connectivity index (χ1) is 13.0. The number of carbonyl (C=O) groups excluding carboxylic acids is 2. The minimum Gasteiger partial charge on any atom is -0.494 e. The predicted molar refractivity (Wildman–Crippen MR) is 102 cm³/mol. The van der Waals surface area contributed by atoms with Gasteiger partial charge in [-0.25, -0.2) is 4.79 Å². The summed E-state index contributed by atoms with van der Waals surface area (Å²) in [6, 6.07) is 15.2. The topological polar surface area (TPSA) is 88.4 Å². The maximum atomic E-state index is 12.2. The van der Waals surface area contributed by atoms with Crippen LogP contribution in [0.4, 0.5) is 5.69 Å². The van der Waals surface area contributed by atoms with Crippen LogP contribution in [0.15, 0.2) is 48.5 Å².